The van der Waals surface area contributed by atoms with Gasteiger partial charge in [0.05, 0.1) is 18.6 Å². The number of halogens is 2. The van der Waals surface area contributed by atoms with Crippen molar-refractivity contribution in [3.8, 4) is 5.75 Å². The number of ether oxygens (including phenoxy) is 1. The first-order valence-corrected chi connectivity index (χ1v) is 11.1. The fraction of sp³-hybridized carbons (Fsp3) is 0.429. The van der Waals surface area contributed by atoms with Crippen LogP contribution in [0.2, 0.25) is 0 Å². The molecule has 0 aromatic heterocycles. The van der Waals surface area contributed by atoms with E-state index in [0.29, 0.717) is 18.8 Å². The molecule has 2 heterocycles. The van der Waals surface area contributed by atoms with Crippen LogP contribution in [0.3, 0.4) is 0 Å². The van der Waals surface area contributed by atoms with E-state index in [1.807, 2.05) is 18.2 Å². The molecule has 156 valence electrons. The average molecular weight is 422 g/mol. The fourth-order valence-corrected chi connectivity index (χ4v) is 5.84. The standard InChI is InChI=1S/C21H24F2N2O3S/c1-28-19-6-8-20(9-7-19)29(26,27)25-15-21(22,23)12-18(25)14-24-11-10-16-4-2-3-5-17(16)13-24/h2-9,18H,10-15H2,1H3/t18-/m0/s1. The van der Waals surface area contributed by atoms with Crippen LogP contribution in [-0.2, 0) is 23.0 Å². The van der Waals surface area contributed by atoms with Gasteiger partial charge in [-0.15, -0.1) is 0 Å². The van der Waals surface area contributed by atoms with E-state index in [-0.39, 0.29) is 4.90 Å². The molecular weight excluding hydrogens is 398 g/mol. The Bertz CT molecular complexity index is 980. The summed E-state index contributed by atoms with van der Waals surface area (Å²) in [5.74, 6) is -2.52. The van der Waals surface area contributed by atoms with E-state index >= 15 is 0 Å². The van der Waals surface area contributed by atoms with E-state index in [1.54, 1.807) is 0 Å². The van der Waals surface area contributed by atoms with Crippen molar-refractivity contribution in [2.24, 2.45) is 0 Å². The smallest absolute Gasteiger partial charge is 0.263 e. The maximum atomic E-state index is 14.3. The second-order valence-corrected chi connectivity index (χ2v) is 9.58. The highest BCUT2D eigenvalue weighted by Crippen LogP contribution is 2.37. The lowest BCUT2D eigenvalue weighted by molar-refractivity contribution is 0.0165. The number of hydrogen-bond donors (Lipinski definition) is 0. The normalized spacial score (nSPS) is 22.4. The number of alkyl halides is 2. The summed E-state index contributed by atoms with van der Waals surface area (Å²) in [6, 6.07) is 13.2. The van der Waals surface area contributed by atoms with E-state index in [4.69, 9.17) is 4.74 Å². The van der Waals surface area contributed by atoms with Crippen molar-refractivity contribution in [1.82, 2.24) is 9.21 Å². The summed E-state index contributed by atoms with van der Waals surface area (Å²) in [4.78, 5) is 2.08. The van der Waals surface area contributed by atoms with Gasteiger partial charge in [-0.05, 0) is 41.8 Å². The van der Waals surface area contributed by atoms with Gasteiger partial charge >= 0.3 is 0 Å². The lowest BCUT2D eigenvalue weighted by Crippen LogP contribution is -2.44. The Morgan fingerprint density at radius 1 is 1.10 bits per heavy atom. The molecule has 0 aliphatic carbocycles. The minimum atomic E-state index is -4.02. The number of fused-ring (bicyclic) bond motifs is 1. The summed E-state index contributed by atoms with van der Waals surface area (Å²) < 4.78 is 60.8. The van der Waals surface area contributed by atoms with Crippen molar-refractivity contribution in [3.05, 3.63) is 59.7 Å². The maximum absolute atomic E-state index is 14.3. The van der Waals surface area contributed by atoms with Gasteiger partial charge in [0, 0.05) is 32.1 Å². The summed E-state index contributed by atoms with van der Waals surface area (Å²) >= 11 is 0. The Hall–Kier alpha value is -2.03. The summed E-state index contributed by atoms with van der Waals surface area (Å²) in [6.07, 6.45) is 0.380. The van der Waals surface area contributed by atoms with Crippen molar-refractivity contribution in [2.75, 3.05) is 26.7 Å². The Morgan fingerprint density at radius 2 is 1.79 bits per heavy atom. The molecule has 8 heteroatoms. The third kappa shape index (κ3) is 4.15. The third-order valence-corrected chi connectivity index (χ3v) is 7.59. The van der Waals surface area contributed by atoms with Crippen molar-refractivity contribution < 1.29 is 21.9 Å². The SMILES string of the molecule is COc1ccc(S(=O)(=O)N2CC(F)(F)C[C@H]2CN2CCc3ccccc3C2)cc1. The molecule has 5 nitrogen and oxygen atoms in total. The summed E-state index contributed by atoms with van der Waals surface area (Å²) in [5.41, 5.74) is 2.44. The molecule has 1 atom stereocenters. The molecule has 0 saturated carbocycles. The van der Waals surface area contributed by atoms with Crippen molar-refractivity contribution in [2.45, 2.75) is 36.2 Å². The number of rotatable bonds is 5. The minimum absolute atomic E-state index is 0.00462. The zero-order valence-corrected chi connectivity index (χ0v) is 17.0. The van der Waals surface area contributed by atoms with Crippen LogP contribution < -0.4 is 4.74 Å². The zero-order valence-electron chi connectivity index (χ0n) is 16.2. The van der Waals surface area contributed by atoms with Crippen LogP contribution in [0.5, 0.6) is 5.75 Å². The first-order valence-electron chi connectivity index (χ1n) is 9.61. The number of sulfonamides is 1. The Morgan fingerprint density at radius 3 is 2.48 bits per heavy atom. The highest BCUT2D eigenvalue weighted by Gasteiger charge is 2.50. The molecule has 1 fully saturated rings. The van der Waals surface area contributed by atoms with E-state index in [2.05, 4.69) is 11.0 Å². The first-order chi connectivity index (χ1) is 13.8. The van der Waals surface area contributed by atoms with Gasteiger partial charge in [0.1, 0.15) is 5.75 Å². The molecule has 0 unspecified atom stereocenters. The van der Waals surface area contributed by atoms with Gasteiger partial charge in [0.15, 0.2) is 0 Å². The van der Waals surface area contributed by atoms with Gasteiger partial charge in [0.25, 0.3) is 5.92 Å². The number of methoxy groups -OCH3 is 1. The summed E-state index contributed by atoms with van der Waals surface area (Å²) in [5, 5.41) is 0. The molecule has 0 amide bonds. The highest BCUT2D eigenvalue weighted by molar-refractivity contribution is 7.89. The number of benzene rings is 2. The number of nitrogens with zero attached hydrogens (tertiary/aromatic N) is 2. The molecule has 4 rings (SSSR count). The van der Waals surface area contributed by atoms with Gasteiger partial charge < -0.3 is 4.74 Å². The Labute approximate surface area is 169 Å². The average Bonchev–Trinajstić information content (AvgIpc) is 3.02. The van der Waals surface area contributed by atoms with E-state index in [1.165, 1.54) is 42.5 Å². The molecular formula is C21H24F2N2O3S. The fourth-order valence-electron chi connectivity index (χ4n) is 4.20. The molecule has 2 aliphatic rings. The second kappa shape index (κ2) is 7.66. The molecule has 29 heavy (non-hydrogen) atoms. The molecule has 2 aromatic rings. The monoisotopic (exact) mass is 422 g/mol. The van der Waals surface area contributed by atoms with Gasteiger partial charge in [-0.25, -0.2) is 17.2 Å². The predicted molar refractivity (Wildman–Crippen MR) is 106 cm³/mol. The van der Waals surface area contributed by atoms with E-state index in [0.717, 1.165) is 17.3 Å². The lowest BCUT2D eigenvalue weighted by atomic mass is 9.99. The molecule has 2 aromatic carbocycles. The van der Waals surface area contributed by atoms with Crippen LogP contribution in [0.4, 0.5) is 8.78 Å². The largest absolute Gasteiger partial charge is 0.497 e. The van der Waals surface area contributed by atoms with Crippen molar-refractivity contribution in [1.29, 1.82) is 0 Å². The number of hydrogen-bond acceptors (Lipinski definition) is 4. The molecule has 0 bridgehead atoms. The lowest BCUT2D eigenvalue weighted by Gasteiger charge is -2.33. The van der Waals surface area contributed by atoms with Gasteiger partial charge in [-0.1, -0.05) is 24.3 Å². The van der Waals surface area contributed by atoms with Crippen molar-refractivity contribution in [3.63, 3.8) is 0 Å². The van der Waals surface area contributed by atoms with Crippen LogP contribution in [0.1, 0.15) is 17.5 Å². The minimum Gasteiger partial charge on any atom is -0.497 e. The maximum Gasteiger partial charge on any atom is 0.263 e. The summed E-state index contributed by atoms with van der Waals surface area (Å²) in [7, 11) is -2.54. The highest BCUT2D eigenvalue weighted by atomic mass is 32.2. The van der Waals surface area contributed by atoms with Crippen LogP contribution in [-0.4, -0.2) is 56.3 Å². The molecule has 1 saturated heterocycles. The van der Waals surface area contributed by atoms with Crippen molar-refractivity contribution >= 4 is 10.0 Å². The van der Waals surface area contributed by atoms with Gasteiger partial charge in [0.2, 0.25) is 10.0 Å². The second-order valence-electron chi connectivity index (χ2n) is 7.69. The topological polar surface area (TPSA) is 49.9 Å². The third-order valence-electron chi connectivity index (χ3n) is 5.67. The van der Waals surface area contributed by atoms with Crippen LogP contribution in [0, 0.1) is 0 Å². The Balaban J connectivity index is 1.55. The van der Waals surface area contributed by atoms with Crippen LogP contribution >= 0.6 is 0 Å². The van der Waals surface area contributed by atoms with E-state index in [9.17, 15) is 17.2 Å². The molecule has 0 N–H and O–H groups in total. The Kier molecular flexibility index (Phi) is 5.35. The molecule has 0 radical (unpaired) electrons. The van der Waals surface area contributed by atoms with E-state index < -0.39 is 35.0 Å². The molecule has 0 spiro atoms. The quantitative estimate of drug-likeness (QED) is 0.743. The van der Waals surface area contributed by atoms with Crippen LogP contribution in [0.25, 0.3) is 0 Å². The van der Waals surface area contributed by atoms with Gasteiger partial charge in [-0.3, -0.25) is 4.90 Å². The van der Waals surface area contributed by atoms with Crippen LogP contribution in [0.15, 0.2) is 53.4 Å². The molecule has 2 aliphatic heterocycles. The predicted octanol–water partition coefficient (Wildman–Crippen LogP) is 3.15. The summed E-state index contributed by atoms with van der Waals surface area (Å²) in [6.45, 7) is 0.889. The first kappa shape index (κ1) is 20.3. The van der Waals surface area contributed by atoms with Gasteiger partial charge in [-0.2, -0.15) is 4.31 Å². The zero-order chi connectivity index (χ0) is 20.6.